The van der Waals surface area contributed by atoms with Crippen molar-refractivity contribution in [2.75, 3.05) is 13.1 Å². The van der Waals surface area contributed by atoms with E-state index in [1.54, 1.807) is 13.0 Å². The van der Waals surface area contributed by atoms with Crippen molar-refractivity contribution in [3.63, 3.8) is 0 Å². The van der Waals surface area contributed by atoms with Crippen LogP contribution in [0.1, 0.15) is 25.0 Å². The van der Waals surface area contributed by atoms with Crippen molar-refractivity contribution >= 4 is 6.08 Å². The van der Waals surface area contributed by atoms with Crippen LogP contribution in [-0.2, 0) is 0 Å². The van der Waals surface area contributed by atoms with E-state index in [1.807, 2.05) is 6.07 Å². The number of hydrogen-bond acceptors (Lipinski definition) is 1. The van der Waals surface area contributed by atoms with Gasteiger partial charge in [-0.15, -0.1) is 0 Å². The minimum Gasteiger partial charge on any atom is -0.313 e. The molecule has 0 bridgehead atoms. The first-order valence-electron chi connectivity index (χ1n) is 5.27. The number of likely N-dealkylation sites (N-methyl/N-ethyl adjacent to an activating group) is 1. The Kier molecular flexibility index (Phi) is 4.50. The Bertz CT molecular complexity index is 356. The van der Waals surface area contributed by atoms with E-state index in [0.717, 1.165) is 18.7 Å². The fraction of sp³-hybridized carbons (Fsp3) is 0.385. The summed E-state index contributed by atoms with van der Waals surface area (Å²) in [5.74, 6) is -0.142. The Morgan fingerprint density at radius 3 is 2.80 bits per heavy atom. The van der Waals surface area contributed by atoms with Crippen molar-refractivity contribution in [1.82, 2.24) is 5.32 Å². The van der Waals surface area contributed by atoms with Gasteiger partial charge in [0.25, 0.3) is 0 Å². The van der Waals surface area contributed by atoms with Crippen molar-refractivity contribution in [2.45, 2.75) is 20.8 Å². The second-order valence-electron chi connectivity index (χ2n) is 3.78. The molecule has 0 amide bonds. The van der Waals surface area contributed by atoms with Crippen LogP contribution in [0.3, 0.4) is 0 Å². The normalized spacial score (nSPS) is 11.9. The molecule has 1 aromatic carbocycles. The lowest BCUT2D eigenvalue weighted by Gasteiger charge is -2.03. The molecule has 0 heterocycles. The summed E-state index contributed by atoms with van der Waals surface area (Å²) >= 11 is 0. The van der Waals surface area contributed by atoms with Crippen LogP contribution in [0.5, 0.6) is 0 Å². The van der Waals surface area contributed by atoms with Gasteiger partial charge in [0.1, 0.15) is 5.82 Å². The molecule has 82 valence electrons. The summed E-state index contributed by atoms with van der Waals surface area (Å²) in [5.41, 5.74) is 3.01. The molecule has 0 aliphatic heterocycles. The summed E-state index contributed by atoms with van der Waals surface area (Å²) in [4.78, 5) is 0. The van der Waals surface area contributed by atoms with E-state index in [9.17, 15) is 4.39 Å². The molecule has 1 N–H and O–H groups in total. The van der Waals surface area contributed by atoms with Crippen LogP contribution in [0, 0.1) is 12.7 Å². The molecule has 1 rings (SSSR count). The first kappa shape index (κ1) is 11.9. The highest BCUT2D eigenvalue weighted by Gasteiger charge is 1.97. The van der Waals surface area contributed by atoms with E-state index in [4.69, 9.17) is 0 Å². The minimum absolute atomic E-state index is 0.142. The van der Waals surface area contributed by atoms with Crippen LogP contribution < -0.4 is 5.32 Å². The van der Waals surface area contributed by atoms with Crippen molar-refractivity contribution in [2.24, 2.45) is 0 Å². The molecule has 0 fully saturated rings. The van der Waals surface area contributed by atoms with Crippen molar-refractivity contribution in [3.05, 3.63) is 40.7 Å². The zero-order chi connectivity index (χ0) is 11.3. The highest BCUT2D eigenvalue weighted by molar-refractivity contribution is 5.53. The number of hydrogen-bond donors (Lipinski definition) is 1. The fourth-order valence-corrected chi connectivity index (χ4v) is 1.42. The first-order valence-corrected chi connectivity index (χ1v) is 5.27. The van der Waals surface area contributed by atoms with Gasteiger partial charge in [0.15, 0.2) is 0 Å². The molecule has 0 aliphatic rings. The van der Waals surface area contributed by atoms with E-state index < -0.39 is 0 Å². The monoisotopic (exact) mass is 207 g/mol. The van der Waals surface area contributed by atoms with Gasteiger partial charge in [0.05, 0.1) is 0 Å². The molecule has 0 aromatic heterocycles. The number of rotatable bonds is 4. The summed E-state index contributed by atoms with van der Waals surface area (Å²) in [6.07, 6.45) is 2.08. The summed E-state index contributed by atoms with van der Waals surface area (Å²) in [7, 11) is 0. The van der Waals surface area contributed by atoms with Crippen LogP contribution in [0.15, 0.2) is 23.8 Å². The van der Waals surface area contributed by atoms with Crippen LogP contribution >= 0.6 is 0 Å². The predicted octanol–water partition coefficient (Wildman–Crippen LogP) is 3.15. The van der Waals surface area contributed by atoms with Crippen LogP contribution in [0.25, 0.3) is 6.08 Å². The van der Waals surface area contributed by atoms with Crippen molar-refractivity contribution in [3.8, 4) is 0 Å². The Morgan fingerprint density at radius 1 is 1.47 bits per heavy atom. The van der Waals surface area contributed by atoms with Gasteiger partial charge >= 0.3 is 0 Å². The van der Waals surface area contributed by atoms with Crippen LogP contribution in [0.4, 0.5) is 4.39 Å². The first-order chi connectivity index (χ1) is 7.13. The second kappa shape index (κ2) is 5.66. The van der Waals surface area contributed by atoms with Crippen molar-refractivity contribution < 1.29 is 4.39 Å². The van der Waals surface area contributed by atoms with Crippen molar-refractivity contribution in [1.29, 1.82) is 0 Å². The largest absolute Gasteiger partial charge is 0.313 e. The average molecular weight is 207 g/mol. The molecule has 0 saturated carbocycles. The highest BCUT2D eigenvalue weighted by atomic mass is 19.1. The van der Waals surface area contributed by atoms with Gasteiger partial charge in [-0.3, -0.25) is 0 Å². The molecular formula is C13H18FN. The van der Waals surface area contributed by atoms with E-state index in [0.29, 0.717) is 5.56 Å². The topological polar surface area (TPSA) is 12.0 Å². The number of aryl methyl sites for hydroxylation is 1. The molecule has 2 heteroatoms. The third-order valence-electron chi connectivity index (χ3n) is 2.25. The Morgan fingerprint density at radius 2 is 2.20 bits per heavy atom. The maximum absolute atomic E-state index is 13.0. The van der Waals surface area contributed by atoms with Gasteiger partial charge in [-0.25, -0.2) is 4.39 Å². The van der Waals surface area contributed by atoms with E-state index in [2.05, 4.69) is 25.2 Å². The Labute approximate surface area is 91.0 Å². The third-order valence-corrected chi connectivity index (χ3v) is 2.25. The lowest BCUT2D eigenvalue weighted by atomic mass is 10.1. The average Bonchev–Trinajstić information content (AvgIpc) is 2.20. The fourth-order valence-electron chi connectivity index (χ4n) is 1.42. The lowest BCUT2D eigenvalue weighted by molar-refractivity contribution is 0.618. The molecule has 0 spiro atoms. The second-order valence-corrected chi connectivity index (χ2v) is 3.78. The highest BCUT2D eigenvalue weighted by Crippen LogP contribution is 2.12. The molecule has 0 unspecified atom stereocenters. The number of halogens is 1. The molecule has 0 aliphatic carbocycles. The van der Waals surface area contributed by atoms with Gasteiger partial charge in [-0.05, 0) is 43.7 Å². The van der Waals surface area contributed by atoms with E-state index in [1.165, 1.54) is 11.6 Å². The Hall–Kier alpha value is -1.15. The minimum atomic E-state index is -0.142. The third kappa shape index (κ3) is 3.84. The van der Waals surface area contributed by atoms with E-state index in [-0.39, 0.29) is 5.82 Å². The molecule has 1 aromatic rings. The van der Waals surface area contributed by atoms with Gasteiger partial charge < -0.3 is 5.32 Å². The maximum atomic E-state index is 13.0. The van der Waals surface area contributed by atoms with Gasteiger partial charge in [-0.1, -0.05) is 24.6 Å². The lowest BCUT2D eigenvalue weighted by Crippen LogP contribution is -2.14. The van der Waals surface area contributed by atoms with Gasteiger partial charge in [0.2, 0.25) is 0 Å². The van der Waals surface area contributed by atoms with Gasteiger partial charge in [0, 0.05) is 6.54 Å². The van der Waals surface area contributed by atoms with Gasteiger partial charge in [-0.2, -0.15) is 0 Å². The Balaban J connectivity index is 2.75. The molecule has 0 saturated heterocycles. The summed E-state index contributed by atoms with van der Waals surface area (Å²) in [6, 6.07) is 5.18. The molecule has 0 radical (unpaired) electrons. The molecule has 0 atom stereocenters. The summed E-state index contributed by atoms with van der Waals surface area (Å²) in [5, 5.41) is 3.25. The maximum Gasteiger partial charge on any atom is 0.126 e. The molecule has 1 nitrogen and oxygen atoms in total. The molecular weight excluding hydrogens is 189 g/mol. The number of nitrogens with one attached hydrogen (secondary N) is 1. The number of benzene rings is 1. The van der Waals surface area contributed by atoms with Crippen LogP contribution in [-0.4, -0.2) is 13.1 Å². The standard InChI is InChI=1S/C13H18FN/c1-4-15-9-10(2)7-12-5-6-13(14)11(3)8-12/h5-8,15H,4,9H2,1-3H3. The quantitative estimate of drug-likeness (QED) is 0.799. The predicted molar refractivity (Wildman–Crippen MR) is 63.3 cm³/mol. The van der Waals surface area contributed by atoms with Crippen LogP contribution in [0.2, 0.25) is 0 Å². The SMILES string of the molecule is CCNCC(C)=Cc1ccc(F)c(C)c1. The summed E-state index contributed by atoms with van der Waals surface area (Å²) < 4.78 is 13.0. The zero-order valence-electron chi connectivity index (χ0n) is 9.60. The van der Waals surface area contributed by atoms with E-state index >= 15 is 0 Å². The molecule has 15 heavy (non-hydrogen) atoms. The smallest absolute Gasteiger partial charge is 0.126 e. The zero-order valence-corrected chi connectivity index (χ0v) is 9.60. The summed E-state index contributed by atoms with van der Waals surface area (Å²) in [6.45, 7) is 7.78.